The number of sulfone groups is 1. The van der Waals surface area contributed by atoms with Crippen LogP contribution in [-0.4, -0.2) is 35.9 Å². The Morgan fingerprint density at radius 2 is 2.05 bits per heavy atom. The zero-order valence-corrected chi connectivity index (χ0v) is 13.2. The van der Waals surface area contributed by atoms with Gasteiger partial charge in [0, 0.05) is 18.9 Å². The highest BCUT2D eigenvalue weighted by Crippen LogP contribution is 2.33. The average molecular weight is 311 g/mol. The Morgan fingerprint density at radius 3 is 2.67 bits per heavy atom. The molecule has 2 heterocycles. The van der Waals surface area contributed by atoms with Crippen LogP contribution < -0.4 is 5.32 Å². The van der Waals surface area contributed by atoms with E-state index in [1.165, 1.54) is 32.1 Å². The summed E-state index contributed by atoms with van der Waals surface area (Å²) in [7, 11) is -2.88. The van der Waals surface area contributed by atoms with Gasteiger partial charge in [0.2, 0.25) is 0 Å². The molecule has 21 heavy (non-hydrogen) atoms. The summed E-state index contributed by atoms with van der Waals surface area (Å²) in [6.07, 6.45) is 11.5. The number of imidazole rings is 1. The van der Waals surface area contributed by atoms with Crippen molar-refractivity contribution >= 4 is 9.84 Å². The molecule has 1 aromatic heterocycles. The summed E-state index contributed by atoms with van der Waals surface area (Å²) < 4.78 is 23.9. The van der Waals surface area contributed by atoms with E-state index in [1.54, 1.807) is 6.20 Å². The second-order valence-electron chi connectivity index (χ2n) is 6.39. The van der Waals surface area contributed by atoms with Crippen LogP contribution in [0.5, 0.6) is 0 Å². The smallest absolute Gasteiger partial charge is 0.154 e. The van der Waals surface area contributed by atoms with E-state index in [2.05, 4.69) is 15.3 Å². The SMILES string of the molecule is O=S1(=O)CCCC1CNC(c1ncc[nH]1)C1CCCCC1. The molecular weight excluding hydrogens is 286 g/mol. The third kappa shape index (κ3) is 3.48. The van der Waals surface area contributed by atoms with Crippen molar-refractivity contribution in [1.82, 2.24) is 15.3 Å². The Hall–Kier alpha value is -0.880. The molecule has 2 N–H and O–H groups in total. The van der Waals surface area contributed by atoms with Crippen molar-refractivity contribution < 1.29 is 8.42 Å². The molecule has 0 amide bonds. The molecule has 2 atom stereocenters. The van der Waals surface area contributed by atoms with Crippen LogP contribution in [0.1, 0.15) is 56.8 Å². The molecule has 5 nitrogen and oxygen atoms in total. The molecule has 0 spiro atoms. The van der Waals surface area contributed by atoms with Crippen LogP contribution >= 0.6 is 0 Å². The van der Waals surface area contributed by atoms with Crippen LogP contribution in [-0.2, 0) is 9.84 Å². The maximum Gasteiger partial charge on any atom is 0.154 e. The van der Waals surface area contributed by atoms with Gasteiger partial charge in [0.05, 0.1) is 17.0 Å². The lowest BCUT2D eigenvalue weighted by Crippen LogP contribution is -2.37. The molecule has 3 rings (SSSR count). The van der Waals surface area contributed by atoms with Gasteiger partial charge in [-0.2, -0.15) is 0 Å². The second kappa shape index (κ2) is 6.48. The molecule has 1 saturated heterocycles. The molecule has 1 aliphatic carbocycles. The molecule has 1 saturated carbocycles. The van der Waals surface area contributed by atoms with E-state index < -0.39 is 9.84 Å². The van der Waals surface area contributed by atoms with E-state index in [0.29, 0.717) is 18.2 Å². The molecule has 118 valence electrons. The van der Waals surface area contributed by atoms with Crippen LogP contribution in [0.15, 0.2) is 12.4 Å². The predicted molar refractivity (Wildman–Crippen MR) is 82.7 cm³/mol. The fourth-order valence-electron chi connectivity index (χ4n) is 3.75. The third-order valence-corrected chi connectivity index (χ3v) is 7.24. The quantitative estimate of drug-likeness (QED) is 0.874. The van der Waals surface area contributed by atoms with Gasteiger partial charge in [0.25, 0.3) is 0 Å². The predicted octanol–water partition coefficient (Wildman–Crippen LogP) is 2.20. The summed E-state index contributed by atoms with van der Waals surface area (Å²) in [6, 6.07) is 0.163. The molecule has 0 radical (unpaired) electrons. The van der Waals surface area contributed by atoms with Crippen LogP contribution in [0.25, 0.3) is 0 Å². The lowest BCUT2D eigenvalue weighted by Gasteiger charge is -2.30. The van der Waals surface area contributed by atoms with Crippen LogP contribution in [0.2, 0.25) is 0 Å². The highest BCUT2D eigenvalue weighted by atomic mass is 32.2. The highest BCUT2D eigenvalue weighted by molar-refractivity contribution is 7.92. The van der Waals surface area contributed by atoms with E-state index in [-0.39, 0.29) is 11.3 Å². The molecule has 1 aromatic rings. The fourth-order valence-corrected chi connectivity index (χ4v) is 5.53. The van der Waals surface area contributed by atoms with E-state index in [0.717, 1.165) is 18.7 Å². The first kappa shape index (κ1) is 15.0. The van der Waals surface area contributed by atoms with Crippen molar-refractivity contribution in [3.05, 3.63) is 18.2 Å². The summed E-state index contributed by atoms with van der Waals surface area (Å²) >= 11 is 0. The summed E-state index contributed by atoms with van der Waals surface area (Å²) in [5, 5.41) is 3.31. The monoisotopic (exact) mass is 311 g/mol. The average Bonchev–Trinajstić information content (AvgIpc) is 3.11. The minimum absolute atomic E-state index is 0.163. The van der Waals surface area contributed by atoms with Gasteiger partial charge < -0.3 is 10.3 Å². The van der Waals surface area contributed by atoms with Crippen molar-refractivity contribution in [3.8, 4) is 0 Å². The third-order valence-electron chi connectivity index (χ3n) is 4.96. The maximum atomic E-state index is 12.0. The first-order chi connectivity index (χ1) is 10.2. The Labute approximate surface area is 126 Å². The van der Waals surface area contributed by atoms with Crippen molar-refractivity contribution in [2.75, 3.05) is 12.3 Å². The number of hydrogen-bond donors (Lipinski definition) is 2. The van der Waals surface area contributed by atoms with Crippen LogP contribution in [0, 0.1) is 5.92 Å². The standard InChI is InChI=1S/C15H25N3O2S/c19-21(20)10-4-7-13(21)11-18-14(15-16-8-9-17-15)12-5-2-1-3-6-12/h8-9,12-14,18H,1-7,10-11H2,(H,16,17). The van der Waals surface area contributed by atoms with Crippen molar-refractivity contribution in [2.45, 2.75) is 56.2 Å². The topological polar surface area (TPSA) is 74.8 Å². The van der Waals surface area contributed by atoms with Gasteiger partial charge in [-0.1, -0.05) is 19.3 Å². The number of aromatic nitrogens is 2. The zero-order valence-electron chi connectivity index (χ0n) is 12.4. The van der Waals surface area contributed by atoms with Crippen molar-refractivity contribution in [1.29, 1.82) is 0 Å². The Bertz CT molecular complexity index is 535. The number of rotatable bonds is 5. The molecule has 2 aliphatic rings. The molecule has 0 aromatic carbocycles. The largest absolute Gasteiger partial charge is 0.347 e. The Morgan fingerprint density at radius 1 is 1.24 bits per heavy atom. The molecule has 2 unspecified atom stereocenters. The van der Waals surface area contributed by atoms with Gasteiger partial charge in [-0.3, -0.25) is 0 Å². The van der Waals surface area contributed by atoms with Gasteiger partial charge in [0.1, 0.15) is 5.82 Å². The molecule has 6 heteroatoms. The Balaban J connectivity index is 1.67. The fraction of sp³-hybridized carbons (Fsp3) is 0.800. The van der Waals surface area contributed by atoms with Gasteiger partial charge in [-0.15, -0.1) is 0 Å². The highest BCUT2D eigenvalue weighted by Gasteiger charge is 2.33. The minimum atomic E-state index is -2.88. The van der Waals surface area contributed by atoms with E-state index in [9.17, 15) is 8.42 Å². The van der Waals surface area contributed by atoms with Crippen molar-refractivity contribution in [3.63, 3.8) is 0 Å². The summed E-state index contributed by atoms with van der Waals surface area (Å²) in [4.78, 5) is 7.61. The number of H-pyrrole nitrogens is 1. The van der Waals surface area contributed by atoms with Crippen LogP contribution in [0.4, 0.5) is 0 Å². The van der Waals surface area contributed by atoms with E-state index in [4.69, 9.17) is 0 Å². The lowest BCUT2D eigenvalue weighted by atomic mass is 9.83. The molecular formula is C15H25N3O2S. The normalized spacial score (nSPS) is 27.7. The summed E-state index contributed by atoms with van der Waals surface area (Å²) in [5.74, 6) is 1.88. The first-order valence-electron chi connectivity index (χ1n) is 8.11. The summed E-state index contributed by atoms with van der Waals surface area (Å²) in [5.41, 5.74) is 0. The second-order valence-corrected chi connectivity index (χ2v) is 8.79. The van der Waals surface area contributed by atoms with Gasteiger partial charge in [-0.05, 0) is 31.6 Å². The van der Waals surface area contributed by atoms with Gasteiger partial charge >= 0.3 is 0 Å². The summed E-state index contributed by atoms with van der Waals surface area (Å²) in [6.45, 7) is 0.560. The van der Waals surface area contributed by atoms with E-state index >= 15 is 0 Å². The maximum absolute atomic E-state index is 12.0. The van der Waals surface area contributed by atoms with Crippen LogP contribution in [0.3, 0.4) is 0 Å². The Kier molecular flexibility index (Phi) is 4.64. The molecule has 2 fully saturated rings. The number of aromatic amines is 1. The van der Waals surface area contributed by atoms with Gasteiger partial charge in [-0.25, -0.2) is 13.4 Å². The number of hydrogen-bond acceptors (Lipinski definition) is 4. The molecule has 0 bridgehead atoms. The van der Waals surface area contributed by atoms with Crippen molar-refractivity contribution in [2.24, 2.45) is 5.92 Å². The molecule has 1 aliphatic heterocycles. The lowest BCUT2D eigenvalue weighted by molar-refractivity contribution is 0.264. The number of nitrogens with zero attached hydrogens (tertiary/aromatic N) is 1. The zero-order chi connectivity index (χ0) is 14.7. The first-order valence-corrected chi connectivity index (χ1v) is 9.82. The number of nitrogens with one attached hydrogen (secondary N) is 2. The minimum Gasteiger partial charge on any atom is -0.347 e. The van der Waals surface area contributed by atoms with E-state index in [1.807, 2.05) is 6.20 Å². The van der Waals surface area contributed by atoms with Gasteiger partial charge in [0.15, 0.2) is 9.84 Å².